The van der Waals surface area contributed by atoms with Crippen LogP contribution in [-0.2, 0) is 0 Å². The van der Waals surface area contributed by atoms with Crippen molar-refractivity contribution in [2.45, 2.75) is 0 Å². The summed E-state index contributed by atoms with van der Waals surface area (Å²) < 4.78 is 19.1. The Morgan fingerprint density at radius 1 is 1.33 bits per heavy atom. The molecule has 21 heavy (non-hydrogen) atoms. The lowest BCUT2D eigenvalue weighted by atomic mass is 10.1. The lowest BCUT2D eigenvalue weighted by Gasteiger charge is -1.99. The highest BCUT2D eigenvalue weighted by molar-refractivity contribution is 9.10. The number of furan rings is 1. The molecule has 2 N–H and O–H groups in total. The van der Waals surface area contributed by atoms with Gasteiger partial charge >= 0.3 is 0 Å². The zero-order chi connectivity index (χ0) is 15.1. The number of benzene rings is 1. The highest BCUT2D eigenvalue weighted by atomic mass is 79.9. The number of fused-ring (bicyclic) bond motifs is 1. The van der Waals surface area contributed by atoms with E-state index in [1.54, 1.807) is 6.07 Å². The van der Waals surface area contributed by atoms with Gasteiger partial charge < -0.3 is 10.2 Å². The largest absolute Gasteiger partial charge is 0.437 e. The molecule has 0 fully saturated rings. The van der Waals surface area contributed by atoms with E-state index in [1.807, 2.05) is 0 Å². The van der Waals surface area contributed by atoms with Crippen LogP contribution in [0.1, 0.15) is 10.4 Å². The summed E-state index contributed by atoms with van der Waals surface area (Å²) in [4.78, 5) is 15.8. The van der Waals surface area contributed by atoms with Crippen LogP contribution < -0.4 is 5.73 Å². The van der Waals surface area contributed by atoms with Gasteiger partial charge in [0.05, 0.1) is 15.4 Å². The summed E-state index contributed by atoms with van der Waals surface area (Å²) in [5.41, 5.74) is 6.33. The zero-order valence-corrected chi connectivity index (χ0v) is 12.7. The lowest BCUT2D eigenvalue weighted by molar-refractivity contribution is 0.100. The van der Waals surface area contributed by atoms with Crippen LogP contribution in [0.5, 0.6) is 0 Å². The molecule has 2 heterocycles. The Kier molecular flexibility index (Phi) is 3.43. The topological polar surface area (TPSA) is 69.1 Å². The van der Waals surface area contributed by atoms with Crippen LogP contribution in [0.4, 0.5) is 4.39 Å². The third kappa shape index (κ3) is 2.41. The molecular formula is C14H7BrClFN2O2. The van der Waals surface area contributed by atoms with Gasteiger partial charge in [0.2, 0.25) is 5.71 Å². The first-order valence-electron chi connectivity index (χ1n) is 5.81. The number of nitrogens with two attached hydrogens (primary N) is 1. The van der Waals surface area contributed by atoms with Crippen LogP contribution in [0.15, 0.2) is 39.2 Å². The van der Waals surface area contributed by atoms with Gasteiger partial charge in [-0.05, 0) is 46.3 Å². The minimum atomic E-state index is -0.663. The van der Waals surface area contributed by atoms with Gasteiger partial charge in [0.1, 0.15) is 16.7 Å². The third-order valence-electron chi connectivity index (χ3n) is 2.95. The summed E-state index contributed by atoms with van der Waals surface area (Å²) >= 11 is 9.15. The fourth-order valence-electron chi connectivity index (χ4n) is 2.03. The number of halogens is 3. The maximum absolute atomic E-state index is 13.0. The molecule has 106 valence electrons. The number of amides is 1. The Bertz CT molecular complexity index is 862. The van der Waals surface area contributed by atoms with Crippen molar-refractivity contribution < 1.29 is 13.6 Å². The zero-order valence-electron chi connectivity index (χ0n) is 10.4. The number of aromatic nitrogens is 1. The van der Waals surface area contributed by atoms with Crippen LogP contribution in [0, 0.1) is 5.82 Å². The molecule has 0 spiro atoms. The van der Waals surface area contributed by atoms with E-state index in [-0.39, 0.29) is 28.0 Å². The molecule has 0 saturated heterocycles. The van der Waals surface area contributed by atoms with Crippen molar-refractivity contribution in [3.05, 3.63) is 51.3 Å². The minimum absolute atomic E-state index is 0.182. The highest BCUT2D eigenvalue weighted by Crippen LogP contribution is 2.35. The molecule has 0 radical (unpaired) electrons. The summed E-state index contributed by atoms with van der Waals surface area (Å²) in [6, 6.07) is 7.14. The van der Waals surface area contributed by atoms with Crippen molar-refractivity contribution in [1.82, 2.24) is 4.98 Å². The maximum Gasteiger partial charge on any atom is 0.253 e. The summed E-state index contributed by atoms with van der Waals surface area (Å²) in [6.07, 6.45) is 0. The second-order valence-electron chi connectivity index (χ2n) is 4.29. The van der Waals surface area contributed by atoms with E-state index in [1.165, 1.54) is 24.3 Å². The van der Waals surface area contributed by atoms with Crippen molar-refractivity contribution >= 4 is 44.5 Å². The number of hydrogen-bond donors (Lipinski definition) is 1. The maximum atomic E-state index is 13.0. The average Bonchev–Trinajstić information content (AvgIpc) is 2.78. The Balaban J connectivity index is 2.34. The summed E-state index contributed by atoms with van der Waals surface area (Å²) in [5, 5.41) is 0.649. The summed E-state index contributed by atoms with van der Waals surface area (Å²) in [5.74, 6) is -0.817. The van der Waals surface area contributed by atoms with Gasteiger partial charge in [0.25, 0.3) is 5.91 Å². The molecule has 7 heteroatoms. The van der Waals surface area contributed by atoms with Gasteiger partial charge in [0, 0.05) is 5.56 Å². The average molecular weight is 370 g/mol. The van der Waals surface area contributed by atoms with E-state index in [9.17, 15) is 9.18 Å². The second kappa shape index (κ2) is 5.13. The Hall–Kier alpha value is -1.92. The third-order valence-corrected chi connectivity index (χ3v) is 4.07. The quantitative estimate of drug-likeness (QED) is 0.690. The normalized spacial score (nSPS) is 11.0. The predicted molar refractivity (Wildman–Crippen MR) is 80.6 cm³/mol. The van der Waals surface area contributed by atoms with Crippen LogP contribution in [0.2, 0.25) is 5.15 Å². The number of rotatable bonds is 2. The summed E-state index contributed by atoms with van der Waals surface area (Å²) in [6.45, 7) is 0. The second-order valence-corrected chi connectivity index (χ2v) is 5.50. The molecule has 2 aromatic heterocycles. The van der Waals surface area contributed by atoms with Gasteiger partial charge in [0.15, 0.2) is 0 Å². The number of hydrogen-bond acceptors (Lipinski definition) is 3. The lowest BCUT2D eigenvalue weighted by Crippen LogP contribution is -2.11. The van der Waals surface area contributed by atoms with E-state index in [4.69, 9.17) is 21.8 Å². The molecule has 0 bridgehead atoms. The van der Waals surface area contributed by atoms with Crippen molar-refractivity contribution in [3.8, 4) is 11.3 Å². The molecule has 0 aliphatic carbocycles. The van der Waals surface area contributed by atoms with Crippen LogP contribution in [-0.4, -0.2) is 10.9 Å². The molecular weight excluding hydrogens is 363 g/mol. The minimum Gasteiger partial charge on any atom is -0.437 e. The van der Waals surface area contributed by atoms with Crippen molar-refractivity contribution in [3.63, 3.8) is 0 Å². The standard InChI is InChI=1S/C14H7BrClFN2O2/c15-9-5-8-10(13(18)20)11(21-14(8)19-12(9)16)6-1-3-7(17)4-2-6/h1-5H,(H2,18,20). The molecule has 0 unspecified atom stereocenters. The molecule has 0 atom stereocenters. The van der Waals surface area contributed by atoms with E-state index >= 15 is 0 Å². The molecule has 0 aliphatic rings. The number of nitrogens with zero attached hydrogens (tertiary/aromatic N) is 1. The number of primary amides is 1. The van der Waals surface area contributed by atoms with Crippen LogP contribution in [0.25, 0.3) is 22.4 Å². The summed E-state index contributed by atoms with van der Waals surface area (Å²) in [7, 11) is 0. The van der Waals surface area contributed by atoms with Crippen molar-refractivity contribution in [1.29, 1.82) is 0 Å². The Morgan fingerprint density at radius 3 is 2.62 bits per heavy atom. The highest BCUT2D eigenvalue weighted by Gasteiger charge is 2.22. The molecule has 3 aromatic rings. The fourth-order valence-corrected chi connectivity index (χ4v) is 2.48. The van der Waals surface area contributed by atoms with E-state index in [2.05, 4.69) is 20.9 Å². The van der Waals surface area contributed by atoms with Crippen molar-refractivity contribution in [2.24, 2.45) is 5.73 Å². The number of pyridine rings is 1. The number of carbonyl (C=O) groups is 1. The Morgan fingerprint density at radius 2 is 2.00 bits per heavy atom. The molecule has 0 aliphatic heterocycles. The van der Waals surface area contributed by atoms with Crippen molar-refractivity contribution in [2.75, 3.05) is 0 Å². The Labute approximate surface area is 131 Å². The molecule has 3 rings (SSSR count). The van der Waals surface area contributed by atoms with E-state index < -0.39 is 5.91 Å². The van der Waals surface area contributed by atoms with Crippen LogP contribution in [0.3, 0.4) is 0 Å². The van der Waals surface area contributed by atoms with Gasteiger partial charge in [-0.2, -0.15) is 4.98 Å². The van der Waals surface area contributed by atoms with Gasteiger partial charge in [-0.15, -0.1) is 0 Å². The monoisotopic (exact) mass is 368 g/mol. The van der Waals surface area contributed by atoms with Gasteiger partial charge in [-0.25, -0.2) is 4.39 Å². The van der Waals surface area contributed by atoms with Gasteiger partial charge in [-0.1, -0.05) is 11.6 Å². The SMILES string of the molecule is NC(=O)c1c(-c2ccc(F)cc2)oc2nc(Cl)c(Br)cc12. The van der Waals surface area contributed by atoms with Gasteiger partial charge in [-0.3, -0.25) is 4.79 Å². The van der Waals surface area contributed by atoms with E-state index in [0.29, 0.717) is 15.4 Å². The molecule has 0 saturated carbocycles. The smallest absolute Gasteiger partial charge is 0.253 e. The first-order chi connectivity index (χ1) is 9.97. The fraction of sp³-hybridized carbons (Fsp3) is 0. The molecule has 1 aromatic carbocycles. The molecule has 1 amide bonds. The van der Waals surface area contributed by atoms with Crippen LogP contribution >= 0.6 is 27.5 Å². The predicted octanol–water partition coefficient (Wildman–Crippen LogP) is 4.15. The first kappa shape index (κ1) is 14.0. The first-order valence-corrected chi connectivity index (χ1v) is 6.98. The number of carbonyl (C=O) groups excluding carboxylic acids is 1. The van der Waals surface area contributed by atoms with E-state index in [0.717, 1.165) is 0 Å². The molecule has 4 nitrogen and oxygen atoms in total.